The normalized spacial score (nSPS) is 17.8. The second-order valence-corrected chi connectivity index (χ2v) is 7.99. The number of amides is 1. The Kier molecular flexibility index (Phi) is 8.34. The summed E-state index contributed by atoms with van der Waals surface area (Å²) in [6.45, 7) is 7.91. The van der Waals surface area contributed by atoms with Crippen molar-refractivity contribution in [2.45, 2.75) is 44.6 Å². The summed E-state index contributed by atoms with van der Waals surface area (Å²) >= 11 is 0. The van der Waals surface area contributed by atoms with Crippen molar-refractivity contribution in [2.75, 3.05) is 26.2 Å². The molecule has 0 aromatic heterocycles. The van der Waals surface area contributed by atoms with Gasteiger partial charge in [0.05, 0.1) is 4.90 Å². The van der Waals surface area contributed by atoms with Crippen LogP contribution in [0.1, 0.15) is 42.6 Å². The lowest BCUT2D eigenvalue weighted by molar-refractivity contribution is 0.0930. The molecule has 8 heteroatoms. The lowest BCUT2D eigenvalue weighted by Crippen LogP contribution is -2.45. The fourth-order valence-electron chi connectivity index (χ4n) is 2.97. The van der Waals surface area contributed by atoms with E-state index in [-0.39, 0.29) is 29.3 Å². The highest BCUT2D eigenvalue weighted by atomic mass is 35.5. The van der Waals surface area contributed by atoms with Gasteiger partial charge >= 0.3 is 0 Å². The van der Waals surface area contributed by atoms with Crippen LogP contribution in [-0.4, -0.2) is 50.9 Å². The van der Waals surface area contributed by atoms with E-state index in [0.717, 1.165) is 25.9 Å². The van der Waals surface area contributed by atoms with Gasteiger partial charge in [0.2, 0.25) is 10.0 Å². The van der Waals surface area contributed by atoms with Gasteiger partial charge in [0.25, 0.3) is 5.91 Å². The zero-order valence-electron chi connectivity index (χ0n) is 15.0. The van der Waals surface area contributed by atoms with Crippen molar-refractivity contribution >= 4 is 28.3 Å². The third kappa shape index (κ3) is 5.17. The Labute approximate surface area is 156 Å². The Bertz CT molecular complexity index is 684. The average Bonchev–Trinajstić information content (AvgIpc) is 2.56. The van der Waals surface area contributed by atoms with E-state index in [1.54, 1.807) is 19.1 Å². The van der Waals surface area contributed by atoms with Crippen LogP contribution in [0.3, 0.4) is 0 Å². The molecule has 2 rings (SSSR count). The molecule has 25 heavy (non-hydrogen) atoms. The van der Waals surface area contributed by atoms with Gasteiger partial charge in [-0.15, -0.1) is 12.4 Å². The number of rotatable bonds is 6. The van der Waals surface area contributed by atoms with Gasteiger partial charge in [-0.1, -0.05) is 19.9 Å². The van der Waals surface area contributed by atoms with Crippen LogP contribution in [0.4, 0.5) is 0 Å². The Hall–Kier alpha value is -1.15. The number of halogens is 1. The number of benzene rings is 1. The molecule has 1 unspecified atom stereocenters. The molecule has 1 aromatic rings. The summed E-state index contributed by atoms with van der Waals surface area (Å²) in [5.74, 6) is -0.223. The van der Waals surface area contributed by atoms with Crippen LogP contribution in [0.15, 0.2) is 23.1 Å². The van der Waals surface area contributed by atoms with Crippen molar-refractivity contribution in [1.82, 2.24) is 14.9 Å². The Morgan fingerprint density at radius 3 is 2.56 bits per heavy atom. The number of aryl methyl sites for hydroxylation is 1. The van der Waals surface area contributed by atoms with Gasteiger partial charge in [-0.25, -0.2) is 8.42 Å². The third-order valence-electron chi connectivity index (χ3n) is 4.41. The second-order valence-electron chi connectivity index (χ2n) is 6.09. The van der Waals surface area contributed by atoms with Gasteiger partial charge in [0.15, 0.2) is 0 Å². The maximum atomic E-state index is 12.8. The average molecular weight is 390 g/mol. The first kappa shape index (κ1) is 21.9. The number of hydrogen-bond acceptors (Lipinski definition) is 4. The topological polar surface area (TPSA) is 78.5 Å². The van der Waals surface area contributed by atoms with Gasteiger partial charge < -0.3 is 10.6 Å². The van der Waals surface area contributed by atoms with Crippen LogP contribution >= 0.6 is 12.4 Å². The highest BCUT2D eigenvalue weighted by molar-refractivity contribution is 7.89. The van der Waals surface area contributed by atoms with Gasteiger partial charge in [-0.3, -0.25) is 4.79 Å². The zero-order valence-corrected chi connectivity index (χ0v) is 16.7. The van der Waals surface area contributed by atoms with E-state index in [1.165, 1.54) is 10.4 Å². The van der Waals surface area contributed by atoms with Gasteiger partial charge in [-0.2, -0.15) is 4.31 Å². The van der Waals surface area contributed by atoms with Crippen molar-refractivity contribution < 1.29 is 13.2 Å². The molecular weight excluding hydrogens is 362 g/mol. The van der Waals surface area contributed by atoms with Crippen LogP contribution in [0.5, 0.6) is 0 Å². The fourth-order valence-corrected chi connectivity index (χ4v) is 4.67. The number of nitrogens with one attached hydrogen (secondary N) is 2. The summed E-state index contributed by atoms with van der Waals surface area (Å²) in [7, 11) is -3.58. The van der Waals surface area contributed by atoms with Gasteiger partial charge in [-0.05, 0) is 44.0 Å². The summed E-state index contributed by atoms with van der Waals surface area (Å²) in [5.41, 5.74) is 1.04. The molecule has 1 saturated heterocycles. The Balaban J connectivity index is 0.00000312. The van der Waals surface area contributed by atoms with Crippen molar-refractivity contribution in [1.29, 1.82) is 0 Å². The highest BCUT2D eigenvalue weighted by Crippen LogP contribution is 2.21. The minimum Gasteiger partial charge on any atom is -0.348 e. The van der Waals surface area contributed by atoms with Crippen molar-refractivity contribution in [3.63, 3.8) is 0 Å². The van der Waals surface area contributed by atoms with Crippen LogP contribution in [0.2, 0.25) is 0 Å². The van der Waals surface area contributed by atoms with Crippen LogP contribution in [-0.2, 0) is 10.0 Å². The quantitative estimate of drug-likeness (QED) is 0.779. The molecule has 0 aliphatic carbocycles. The van der Waals surface area contributed by atoms with Crippen LogP contribution in [0.25, 0.3) is 0 Å². The molecule has 1 amide bonds. The number of nitrogens with zero attached hydrogens (tertiary/aromatic N) is 1. The number of carbonyl (C=O) groups excluding carboxylic acids is 1. The summed E-state index contributed by atoms with van der Waals surface area (Å²) in [5, 5.41) is 6.23. The van der Waals surface area contributed by atoms with Crippen LogP contribution < -0.4 is 10.6 Å². The SMILES string of the molecule is CCN(CC)S(=O)(=O)c1cc(C(=O)NC2CCCNC2)ccc1C.Cl. The molecular formula is C17H28ClN3O3S. The summed E-state index contributed by atoms with van der Waals surface area (Å²) < 4.78 is 26.9. The summed E-state index contributed by atoms with van der Waals surface area (Å²) in [6, 6.07) is 4.97. The van der Waals surface area contributed by atoms with E-state index >= 15 is 0 Å². The first-order valence-electron chi connectivity index (χ1n) is 8.52. The first-order valence-corrected chi connectivity index (χ1v) is 9.96. The third-order valence-corrected chi connectivity index (χ3v) is 6.60. The van der Waals surface area contributed by atoms with E-state index in [1.807, 2.05) is 13.8 Å². The molecule has 0 radical (unpaired) electrons. The number of piperidine rings is 1. The van der Waals surface area contributed by atoms with E-state index < -0.39 is 10.0 Å². The molecule has 0 spiro atoms. The number of sulfonamides is 1. The Morgan fingerprint density at radius 2 is 2.00 bits per heavy atom. The predicted molar refractivity (Wildman–Crippen MR) is 102 cm³/mol. The van der Waals surface area contributed by atoms with E-state index in [0.29, 0.717) is 24.2 Å². The molecule has 0 saturated carbocycles. The standard InChI is InChI=1S/C17H27N3O3S.ClH/c1-4-20(5-2)24(22,23)16-11-14(9-8-13(16)3)17(21)19-15-7-6-10-18-12-15;/h8-9,11,15,18H,4-7,10,12H2,1-3H3,(H,19,21);1H. The lowest BCUT2D eigenvalue weighted by Gasteiger charge is -2.24. The fraction of sp³-hybridized carbons (Fsp3) is 0.588. The van der Waals surface area contributed by atoms with E-state index in [9.17, 15) is 13.2 Å². The molecule has 2 N–H and O–H groups in total. The van der Waals surface area contributed by atoms with Crippen molar-refractivity contribution in [2.24, 2.45) is 0 Å². The van der Waals surface area contributed by atoms with Crippen molar-refractivity contribution in [3.05, 3.63) is 29.3 Å². The molecule has 6 nitrogen and oxygen atoms in total. The van der Waals surface area contributed by atoms with Crippen molar-refractivity contribution in [3.8, 4) is 0 Å². The predicted octanol–water partition coefficient (Wildman–Crippen LogP) is 1.93. The molecule has 142 valence electrons. The van der Waals surface area contributed by atoms with Gasteiger partial charge in [0.1, 0.15) is 0 Å². The summed E-state index contributed by atoms with van der Waals surface area (Å²) in [4.78, 5) is 12.7. The molecule has 1 atom stereocenters. The first-order chi connectivity index (χ1) is 11.4. The largest absolute Gasteiger partial charge is 0.348 e. The Morgan fingerprint density at radius 1 is 1.32 bits per heavy atom. The minimum atomic E-state index is -3.58. The second kappa shape index (κ2) is 9.52. The molecule has 0 bridgehead atoms. The minimum absolute atomic E-state index is 0. The maximum Gasteiger partial charge on any atom is 0.251 e. The van der Waals surface area contributed by atoms with E-state index in [4.69, 9.17) is 0 Å². The summed E-state index contributed by atoms with van der Waals surface area (Å²) in [6.07, 6.45) is 1.97. The number of hydrogen-bond donors (Lipinski definition) is 2. The van der Waals surface area contributed by atoms with E-state index in [2.05, 4.69) is 10.6 Å². The molecule has 1 fully saturated rings. The monoisotopic (exact) mass is 389 g/mol. The van der Waals surface area contributed by atoms with Gasteiger partial charge in [0, 0.05) is 31.2 Å². The smallest absolute Gasteiger partial charge is 0.251 e. The van der Waals surface area contributed by atoms with Crippen LogP contribution in [0, 0.1) is 6.92 Å². The molecule has 1 aliphatic heterocycles. The number of carbonyl (C=O) groups is 1. The molecule has 1 aromatic carbocycles. The lowest BCUT2D eigenvalue weighted by atomic mass is 10.1. The molecule has 1 heterocycles. The zero-order chi connectivity index (χ0) is 17.7. The highest BCUT2D eigenvalue weighted by Gasteiger charge is 2.25. The molecule has 1 aliphatic rings. The maximum absolute atomic E-state index is 12.8.